The molecule has 19 heteroatoms. The molecule has 330 valence electrons. The number of alkyl halides is 17. The van der Waals surface area contributed by atoms with Crippen LogP contribution in [-0.4, -0.2) is 54.8 Å². The summed E-state index contributed by atoms with van der Waals surface area (Å²) in [4.78, 5) is 12.3. The van der Waals surface area contributed by atoms with Crippen LogP contribution in [0, 0.1) is 23.7 Å². The summed E-state index contributed by atoms with van der Waals surface area (Å²) in [7, 11) is 0. The quantitative estimate of drug-likeness (QED) is 0.0533. The minimum atomic E-state index is -8.21. The first-order chi connectivity index (χ1) is 26.7. The molecular weight excluding hydrogens is 823 g/mol. The lowest BCUT2D eigenvalue weighted by molar-refractivity contribution is -0.363. The zero-order chi connectivity index (χ0) is 44.5. The van der Waals surface area contributed by atoms with Crippen molar-refractivity contribution in [3.8, 4) is 23.7 Å². The van der Waals surface area contributed by atoms with Gasteiger partial charge >= 0.3 is 48.2 Å². The fourth-order valence-corrected chi connectivity index (χ4v) is 5.70. The third-order valence-electron chi connectivity index (χ3n) is 8.77. The summed E-state index contributed by atoms with van der Waals surface area (Å²) in [5, 5.41) is 0. The molecule has 0 saturated heterocycles. The molecule has 0 atom stereocenters. The van der Waals surface area contributed by atoms with Gasteiger partial charge in [0.05, 0.1) is 23.3 Å². The Morgan fingerprint density at radius 1 is 0.483 bits per heavy atom. The summed E-state index contributed by atoms with van der Waals surface area (Å²) in [6.45, 7) is 1.87. The van der Waals surface area contributed by atoms with Gasteiger partial charge in [0, 0.05) is 12.8 Å². The van der Waals surface area contributed by atoms with Gasteiger partial charge in [0.25, 0.3) is 0 Å². The van der Waals surface area contributed by atoms with E-state index < -0.39 is 70.5 Å². The van der Waals surface area contributed by atoms with Crippen LogP contribution in [0.2, 0.25) is 0 Å². The average Bonchev–Trinajstić information content (AvgIpc) is 3.09. The third-order valence-corrected chi connectivity index (χ3v) is 8.77. The fraction of sp³-hybridized carbons (Fsp3) is 0.667. The molecule has 0 aliphatic heterocycles. The number of allylic oxidation sites excluding steroid dienone is 2. The third kappa shape index (κ3) is 14.9. The summed E-state index contributed by atoms with van der Waals surface area (Å²) in [6.07, 6.45) is -23.3. The van der Waals surface area contributed by atoms with Crippen molar-refractivity contribution in [3.05, 3.63) is 41.0 Å². The minimum Gasteiger partial charge on any atom is -0.462 e. The van der Waals surface area contributed by atoms with E-state index in [1.807, 2.05) is 0 Å². The summed E-state index contributed by atoms with van der Waals surface area (Å²) in [5.41, 5.74) is -29.3. The molecule has 0 N–H and O–H groups in total. The predicted molar refractivity (Wildman–Crippen MR) is 181 cm³/mol. The van der Waals surface area contributed by atoms with Crippen molar-refractivity contribution in [2.75, 3.05) is 6.61 Å². The smallest absolute Gasteiger partial charge is 0.435 e. The van der Waals surface area contributed by atoms with E-state index in [2.05, 4.69) is 30.6 Å². The highest BCUT2D eigenvalue weighted by Crippen LogP contribution is 2.64. The van der Waals surface area contributed by atoms with E-state index in [1.54, 1.807) is 0 Å². The summed E-state index contributed by atoms with van der Waals surface area (Å²) in [5.74, 6) is 10.3. The minimum absolute atomic E-state index is 0.123. The zero-order valence-corrected chi connectivity index (χ0v) is 31.3. The van der Waals surface area contributed by atoms with E-state index in [-0.39, 0.29) is 37.3 Å². The van der Waals surface area contributed by atoms with Crippen LogP contribution in [0.5, 0.6) is 0 Å². The molecule has 0 radical (unpaired) electrons. The SMILES string of the molecule is CCCCCCCCCCC#CC#CCCCCCCCCCOC(=O)c1ccc(C(=C(C(F)(C(F)(F)F)C(F)(F)F)C(F)(C(F)(F)F)C(F)(F)F)C(F)(F)F)cc1. The van der Waals surface area contributed by atoms with Gasteiger partial charge in [0.2, 0.25) is 0 Å². The van der Waals surface area contributed by atoms with Crippen molar-refractivity contribution < 1.29 is 84.2 Å². The number of unbranched alkanes of at least 4 members (excludes halogenated alkanes) is 15. The lowest BCUT2D eigenvalue weighted by atomic mass is 9.76. The Labute approximate surface area is 325 Å². The zero-order valence-electron chi connectivity index (χ0n) is 31.3. The second kappa shape index (κ2) is 22.7. The van der Waals surface area contributed by atoms with Gasteiger partial charge in [-0.1, -0.05) is 108 Å². The molecule has 0 aromatic heterocycles. The van der Waals surface area contributed by atoms with E-state index >= 15 is 0 Å². The highest BCUT2D eigenvalue weighted by molar-refractivity contribution is 5.90. The van der Waals surface area contributed by atoms with Crippen molar-refractivity contribution in [1.82, 2.24) is 0 Å². The molecule has 0 saturated carbocycles. The van der Waals surface area contributed by atoms with E-state index in [0.717, 1.165) is 44.9 Å². The topological polar surface area (TPSA) is 26.3 Å². The van der Waals surface area contributed by atoms with E-state index in [0.29, 0.717) is 19.3 Å². The summed E-state index contributed by atoms with van der Waals surface area (Å²) < 4.78 is 239. The highest BCUT2D eigenvalue weighted by atomic mass is 19.4. The van der Waals surface area contributed by atoms with Crippen LogP contribution < -0.4 is 0 Å². The molecule has 1 aromatic carbocycles. The second-order valence-corrected chi connectivity index (χ2v) is 13.3. The Morgan fingerprint density at radius 3 is 1.16 bits per heavy atom. The Kier molecular flexibility index (Phi) is 20.5. The number of rotatable bonds is 21. The monoisotopic (exact) mass is 866 g/mol. The molecule has 1 aromatic rings. The Morgan fingerprint density at radius 2 is 0.810 bits per heavy atom. The largest absolute Gasteiger partial charge is 0.462 e. The molecule has 0 aliphatic rings. The number of carbonyl (C=O) groups is 1. The van der Waals surface area contributed by atoms with Gasteiger partial charge in [-0.15, -0.1) is 0 Å². The molecular formula is C39H43F17O2. The second-order valence-electron chi connectivity index (χ2n) is 13.3. The van der Waals surface area contributed by atoms with Crippen LogP contribution in [0.3, 0.4) is 0 Å². The highest BCUT2D eigenvalue weighted by Gasteiger charge is 2.87. The van der Waals surface area contributed by atoms with Gasteiger partial charge < -0.3 is 4.74 Å². The normalized spacial score (nSPS) is 13.0. The van der Waals surface area contributed by atoms with Gasteiger partial charge in [-0.3, -0.25) is 0 Å². The van der Waals surface area contributed by atoms with E-state index in [9.17, 15) is 79.4 Å². The molecule has 0 fully saturated rings. The molecule has 1 rings (SSSR count). The molecule has 2 nitrogen and oxygen atoms in total. The van der Waals surface area contributed by atoms with Crippen LogP contribution in [-0.2, 0) is 4.74 Å². The molecule has 0 unspecified atom stereocenters. The van der Waals surface area contributed by atoms with Crippen molar-refractivity contribution in [2.45, 2.75) is 158 Å². The van der Waals surface area contributed by atoms with Crippen LogP contribution in [0.4, 0.5) is 74.6 Å². The first-order valence-corrected chi connectivity index (χ1v) is 18.4. The number of hydrogen-bond acceptors (Lipinski definition) is 2. The first-order valence-electron chi connectivity index (χ1n) is 18.4. The Balaban J connectivity index is 2.88. The van der Waals surface area contributed by atoms with Crippen LogP contribution in [0.15, 0.2) is 29.8 Å². The van der Waals surface area contributed by atoms with Gasteiger partial charge in [-0.2, -0.15) is 65.9 Å². The fourth-order valence-electron chi connectivity index (χ4n) is 5.70. The van der Waals surface area contributed by atoms with Crippen LogP contribution >= 0.6 is 0 Å². The lowest BCUT2D eigenvalue weighted by Gasteiger charge is -2.41. The van der Waals surface area contributed by atoms with Gasteiger partial charge in [0.15, 0.2) is 0 Å². The Hall–Kier alpha value is -3.64. The maximum Gasteiger partial charge on any atom is 0.435 e. The van der Waals surface area contributed by atoms with Crippen molar-refractivity contribution in [2.24, 2.45) is 0 Å². The van der Waals surface area contributed by atoms with Crippen LogP contribution in [0.1, 0.15) is 132 Å². The number of benzene rings is 1. The lowest BCUT2D eigenvalue weighted by Crippen LogP contribution is -2.66. The summed E-state index contributed by atoms with van der Waals surface area (Å²) >= 11 is 0. The van der Waals surface area contributed by atoms with Crippen molar-refractivity contribution in [3.63, 3.8) is 0 Å². The standard InChI is InChI=1S/C39H43F17O2/c1-2-3-4-5-6-7-8-9-10-11-12-13-14-15-16-17-18-19-20-21-22-27-58-32(57)29-25-23-28(24-26-29)30(35(42,43)44)31(33(40,36(45,46)47)37(48,49)50)34(41,38(51,52)53)39(54,55)56/h23-26H,2-10,15-22,27H2,1H3. The molecule has 0 spiro atoms. The van der Waals surface area contributed by atoms with E-state index in [1.165, 1.54) is 38.5 Å². The van der Waals surface area contributed by atoms with Gasteiger partial charge in [0.1, 0.15) is 0 Å². The van der Waals surface area contributed by atoms with Gasteiger partial charge in [-0.25, -0.2) is 13.6 Å². The number of halogens is 17. The molecule has 0 heterocycles. The Bertz CT molecular complexity index is 1490. The number of ether oxygens (including phenoxy) is 1. The van der Waals surface area contributed by atoms with Crippen LogP contribution in [0.25, 0.3) is 5.57 Å². The maximum atomic E-state index is 15.0. The number of esters is 1. The predicted octanol–water partition coefficient (Wildman–Crippen LogP) is 14.5. The molecule has 58 heavy (non-hydrogen) atoms. The molecule has 0 amide bonds. The molecule has 0 aliphatic carbocycles. The summed E-state index contributed by atoms with van der Waals surface area (Å²) in [6, 6.07) is -0.425. The van der Waals surface area contributed by atoms with Crippen molar-refractivity contribution in [1.29, 1.82) is 0 Å². The maximum absolute atomic E-state index is 15.0. The van der Waals surface area contributed by atoms with Crippen molar-refractivity contribution >= 4 is 11.5 Å². The number of carbonyl (C=O) groups excluding carboxylic acids is 1. The van der Waals surface area contributed by atoms with Gasteiger partial charge in [-0.05, 0) is 48.8 Å². The van der Waals surface area contributed by atoms with E-state index in [4.69, 9.17) is 4.74 Å². The average molecular weight is 867 g/mol. The number of hydrogen-bond donors (Lipinski definition) is 0. The first kappa shape index (κ1) is 52.4. The molecule has 0 bridgehead atoms.